The molecule has 2 aliphatic carbocycles. The van der Waals surface area contributed by atoms with Crippen LogP contribution in [0, 0.1) is 22.5 Å². The van der Waals surface area contributed by atoms with Gasteiger partial charge < -0.3 is 4.42 Å². The van der Waals surface area contributed by atoms with Crippen molar-refractivity contribution in [1.82, 2.24) is 14.8 Å². The van der Waals surface area contributed by atoms with Crippen LogP contribution >= 0.6 is 12.2 Å². The molecule has 4 rings (SSSR count). The molecule has 0 amide bonds. The van der Waals surface area contributed by atoms with E-state index in [-0.39, 0.29) is 0 Å². The minimum absolute atomic E-state index is 0.386. The van der Waals surface area contributed by atoms with Crippen LogP contribution in [0.25, 0.3) is 11.6 Å². The van der Waals surface area contributed by atoms with Crippen molar-refractivity contribution in [3.05, 3.63) is 23.2 Å². The van der Waals surface area contributed by atoms with Gasteiger partial charge in [-0.25, -0.2) is 0 Å². The van der Waals surface area contributed by atoms with Crippen LogP contribution in [0.5, 0.6) is 0 Å². The maximum absolute atomic E-state index is 5.50. The van der Waals surface area contributed by atoms with Gasteiger partial charge in [-0.1, -0.05) is 6.42 Å². The summed E-state index contributed by atoms with van der Waals surface area (Å²) in [7, 11) is 0. The van der Waals surface area contributed by atoms with Crippen molar-refractivity contribution in [2.24, 2.45) is 17.8 Å². The second-order valence-electron chi connectivity index (χ2n) is 6.28. The molecule has 0 aliphatic heterocycles. The number of aromatic amines is 1. The molecule has 0 spiro atoms. The molecule has 2 aliphatic rings. The van der Waals surface area contributed by atoms with E-state index in [1.54, 1.807) is 6.26 Å². The van der Waals surface area contributed by atoms with Gasteiger partial charge in [0.25, 0.3) is 0 Å². The molecule has 1 N–H and O–H groups in total. The highest BCUT2D eigenvalue weighted by Crippen LogP contribution is 2.52. The van der Waals surface area contributed by atoms with Crippen molar-refractivity contribution in [2.75, 3.05) is 0 Å². The third-order valence-corrected chi connectivity index (χ3v) is 5.55. The van der Waals surface area contributed by atoms with E-state index in [2.05, 4.69) is 21.7 Å². The molecule has 4 atom stereocenters. The first-order valence-corrected chi connectivity index (χ1v) is 7.85. The molecule has 1 unspecified atom stereocenters. The highest BCUT2D eigenvalue weighted by atomic mass is 32.1. The number of fused-ring (bicyclic) bond motifs is 2. The number of rotatable bonds is 3. The Bertz CT molecular complexity index is 657. The molecule has 106 valence electrons. The summed E-state index contributed by atoms with van der Waals surface area (Å²) in [5.41, 5.74) is 0. The average Bonchev–Trinajstić information content (AvgIpc) is 3.21. The Morgan fingerprint density at radius 2 is 2.35 bits per heavy atom. The Balaban J connectivity index is 1.71. The van der Waals surface area contributed by atoms with E-state index in [4.69, 9.17) is 16.6 Å². The molecular weight excluding hydrogens is 270 g/mol. The second kappa shape index (κ2) is 4.58. The van der Waals surface area contributed by atoms with E-state index >= 15 is 0 Å². The molecule has 2 aromatic rings. The van der Waals surface area contributed by atoms with E-state index in [9.17, 15) is 0 Å². The van der Waals surface area contributed by atoms with Crippen molar-refractivity contribution >= 4 is 12.2 Å². The minimum Gasteiger partial charge on any atom is -0.461 e. The number of hydrogen-bond acceptors (Lipinski definition) is 3. The maximum atomic E-state index is 5.50. The van der Waals surface area contributed by atoms with Crippen molar-refractivity contribution < 1.29 is 4.42 Å². The summed E-state index contributed by atoms with van der Waals surface area (Å²) >= 11 is 5.45. The van der Waals surface area contributed by atoms with Crippen molar-refractivity contribution in [3.8, 4) is 11.6 Å². The SMILES string of the molecule is C[C@H]([C@@H]1CC2CC[C@H]1C2)n1c(-c2ccco2)n[nH]c1=S. The molecular formula is C15H19N3OS. The lowest BCUT2D eigenvalue weighted by atomic mass is 9.84. The lowest BCUT2D eigenvalue weighted by Crippen LogP contribution is -2.22. The zero-order valence-electron chi connectivity index (χ0n) is 11.6. The van der Waals surface area contributed by atoms with Crippen LogP contribution in [-0.4, -0.2) is 14.8 Å². The fraction of sp³-hybridized carbons (Fsp3) is 0.600. The first kappa shape index (κ1) is 12.4. The summed E-state index contributed by atoms with van der Waals surface area (Å²) in [6, 6.07) is 4.21. The summed E-state index contributed by atoms with van der Waals surface area (Å²) in [6.07, 6.45) is 7.25. The van der Waals surface area contributed by atoms with Gasteiger partial charge in [0.2, 0.25) is 0 Å². The van der Waals surface area contributed by atoms with Gasteiger partial charge >= 0.3 is 0 Å². The Labute approximate surface area is 123 Å². The molecule has 2 aromatic heterocycles. The first-order chi connectivity index (χ1) is 9.74. The van der Waals surface area contributed by atoms with Crippen LogP contribution in [0.1, 0.15) is 38.6 Å². The summed E-state index contributed by atoms with van der Waals surface area (Å²) in [5.74, 6) is 4.16. The van der Waals surface area contributed by atoms with Crippen molar-refractivity contribution in [3.63, 3.8) is 0 Å². The fourth-order valence-electron chi connectivity index (χ4n) is 4.34. The summed E-state index contributed by atoms with van der Waals surface area (Å²) in [6.45, 7) is 2.28. The van der Waals surface area contributed by atoms with Gasteiger partial charge in [-0.2, -0.15) is 5.10 Å². The number of nitrogens with zero attached hydrogens (tertiary/aromatic N) is 2. The number of hydrogen-bond donors (Lipinski definition) is 1. The van der Waals surface area contributed by atoms with Gasteiger partial charge in [-0.3, -0.25) is 9.67 Å². The number of aromatic nitrogens is 3. The molecule has 20 heavy (non-hydrogen) atoms. The van der Waals surface area contributed by atoms with Crippen LogP contribution in [-0.2, 0) is 0 Å². The van der Waals surface area contributed by atoms with Crippen LogP contribution in [0.4, 0.5) is 0 Å². The van der Waals surface area contributed by atoms with Gasteiger partial charge in [0.1, 0.15) is 0 Å². The number of furan rings is 1. The highest BCUT2D eigenvalue weighted by Gasteiger charge is 2.42. The van der Waals surface area contributed by atoms with Crippen molar-refractivity contribution in [2.45, 2.75) is 38.6 Å². The molecule has 0 saturated heterocycles. The van der Waals surface area contributed by atoms with Gasteiger partial charge in [0, 0.05) is 6.04 Å². The van der Waals surface area contributed by atoms with E-state index in [0.29, 0.717) is 10.8 Å². The average molecular weight is 289 g/mol. The van der Waals surface area contributed by atoms with Gasteiger partial charge in [-0.05, 0) is 68.3 Å². The Morgan fingerprint density at radius 1 is 1.45 bits per heavy atom. The normalized spacial score (nSPS) is 29.9. The van der Waals surface area contributed by atoms with E-state index in [0.717, 1.165) is 29.3 Å². The molecule has 2 saturated carbocycles. The molecule has 2 heterocycles. The lowest BCUT2D eigenvalue weighted by molar-refractivity contribution is 0.242. The standard InChI is InChI=1S/C15H19N3OS/c1-9(12-8-10-4-5-11(12)7-10)18-14(16-17-15(18)20)13-3-2-6-19-13/h2-3,6,9-12H,4-5,7-8H2,1H3,(H,17,20)/t9-,10?,11+,12+/m1/s1. The molecule has 5 heteroatoms. The smallest absolute Gasteiger partial charge is 0.198 e. The number of H-pyrrole nitrogens is 1. The van der Waals surface area contributed by atoms with Gasteiger partial charge in [0.15, 0.2) is 16.4 Å². The topological polar surface area (TPSA) is 46.8 Å². The Kier molecular flexibility index (Phi) is 2.84. The molecule has 0 aromatic carbocycles. The van der Waals surface area contributed by atoms with Crippen LogP contribution in [0.3, 0.4) is 0 Å². The van der Waals surface area contributed by atoms with E-state index in [1.165, 1.54) is 25.7 Å². The van der Waals surface area contributed by atoms with E-state index in [1.807, 2.05) is 12.1 Å². The van der Waals surface area contributed by atoms with Gasteiger partial charge in [-0.15, -0.1) is 0 Å². The number of nitrogens with one attached hydrogen (secondary N) is 1. The zero-order valence-corrected chi connectivity index (χ0v) is 12.4. The molecule has 2 fully saturated rings. The van der Waals surface area contributed by atoms with Crippen LogP contribution in [0.15, 0.2) is 22.8 Å². The largest absolute Gasteiger partial charge is 0.461 e. The van der Waals surface area contributed by atoms with Crippen LogP contribution in [0.2, 0.25) is 0 Å². The maximum Gasteiger partial charge on any atom is 0.198 e. The summed E-state index contributed by atoms with van der Waals surface area (Å²) < 4.78 is 8.35. The second-order valence-corrected chi connectivity index (χ2v) is 6.67. The predicted molar refractivity (Wildman–Crippen MR) is 78.8 cm³/mol. The fourth-order valence-corrected chi connectivity index (χ4v) is 4.64. The van der Waals surface area contributed by atoms with E-state index < -0.39 is 0 Å². The molecule has 2 bridgehead atoms. The summed E-state index contributed by atoms with van der Waals surface area (Å²) in [4.78, 5) is 0. The third-order valence-electron chi connectivity index (χ3n) is 5.27. The lowest BCUT2D eigenvalue weighted by Gasteiger charge is -2.29. The third kappa shape index (κ3) is 1.79. The monoisotopic (exact) mass is 289 g/mol. The first-order valence-electron chi connectivity index (χ1n) is 7.45. The highest BCUT2D eigenvalue weighted by molar-refractivity contribution is 7.71. The van der Waals surface area contributed by atoms with Crippen molar-refractivity contribution in [1.29, 1.82) is 0 Å². The molecule has 0 radical (unpaired) electrons. The molecule has 4 nitrogen and oxygen atoms in total. The quantitative estimate of drug-likeness (QED) is 0.861. The summed E-state index contributed by atoms with van der Waals surface area (Å²) in [5, 5.41) is 7.29. The zero-order chi connectivity index (χ0) is 13.7. The van der Waals surface area contributed by atoms with Crippen LogP contribution < -0.4 is 0 Å². The Hall–Kier alpha value is -1.36. The Morgan fingerprint density at radius 3 is 3.00 bits per heavy atom. The predicted octanol–water partition coefficient (Wildman–Crippen LogP) is 4.20. The minimum atomic E-state index is 0.386. The van der Waals surface area contributed by atoms with Gasteiger partial charge in [0.05, 0.1) is 6.26 Å².